The van der Waals surface area contributed by atoms with E-state index in [2.05, 4.69) is 26.0 Å². The molecule has 0 aliphatic carbocycles. The molecule has 0 fully saturated rings. The van der Waals surface area contributed by atoms with E-state index in [9.17, 15) is 4.79 Å². The summed E-state index contributed by atoms with van der Waals surface area (Å²) in [4.78, 5) is 19.1. The molecule has 16 heavy (non-hydrogen) atoms. The van der Waals surface area contributed by atoms with E-state index in [1.54, 1.807) is 0 Å². The molecule has 0 aromatic rings. The van der Waals surface area contributed by atoms with Gasteiger partial charge < -0.3 is 10.1 Å². The van der Waals surface area contributed by atoms with Crippen LogP contribution in [0.15, 0.2) is 9.98 Å². The van der Waals surface area contributed by atoms with E-state index in [1.165, 1.54) is 7.11 Å². The number of nitrogens with one attached hydrogen (secondary N) is 1. The fourth-order valence-corrected chi connectivity index (χ4v) is 1.30. The molecule has 5 nitrogen and oxygen atoms in total. The Morgan fingerprint density at radius 2 is 2.44 bits per heavy atom. The van der Waals surface area contributed by atoms with Gasteiger partial charge in [0.15, 0.2) is 0 Å². The Bertz CT molecular complexity index is 377. The molecule has 0 radical (unpaired) electrons. The molecule has 1 atom stereocenters. The van der Waals surface area contributed by atoms with E-state index in [0.29, 0.717) is 5.96 Å². The van der Waals surface area contributed by atoms with Crippen molar-refractivity contribution in [1.82, 2.24) is 5.32 Å². The first-order valence-corrected chi connectivity index (χ1v) is 5.01. The zero-order valence-electron chi connectivity index (χ0n) is 9.65. The largest absolute Gasteiger partial charge is 0.468 e. The van der Waals surface area contributed by atoms with Gasteiger partial charge in [0.2, 0.25) is 5.96 Å². The first kappa shape index (κ1) is 12.2. The normalized spacial score (nSPS) is 21.6. The Morgan fingerprint density at radius 3 is 2.88 bits per heavy atom. The average Bonchev–Trinajstić information content (AvgIpc) is 2.69. The minimum absolute atomic E-state index is 0.0506. The highest BCUT2D eigenvalue weighted by molar-refractivity contribution is 6.09. The highest BCUT2D eigenvalue weighted by Gasteiger charge is 2.24. The number of methoxy groups -OCH3 is 1. The van der Waals surface area contributed by atoms with Crippen molar-refractivity contribution in [2.45, 2.75) is 19.9 Å². The minimum atomic E-state index is -0.403. The summed E-state index contributed by atoms with van der Waals surface area (Å²) in [6.07, 6.45) is 5.37. The summed E-state index contributed by atoms with van der Waals surface area (Å²) in [6, 6.07) is -0.226. The third kappa shape index (κ3) is 2.83. The molecule has 1 aliphatic rings. The number of carbonyl (C=O) groups excluding carboxylic acids is 1. The SMILES string of the molecule is C#CC1NC(=NCC(=O)OC)N=C1C(C)C. The molecular formula is C11H15N3O2. The van der Waals surface area contributed by atoms with Crippen LogP contribution < -0.4 is 5.32 Å². The molecule has 0 saturated heterocycles. The zero-order valence-corrected chi connectivity index (χ0v) is 9.65. The molecule has 0 amide bonds. The number of aliphatic imine (C=N–C) groups is 2. The van der Waals surface area contributed by atoms with Crippen LogP contribution in [0.1, 0.15) is 13.8 Å². The Labute approximate surface area is 95.0 Å². The second-order valence-electron chi connectivity index (χ2n) is 3.65. The molecule has 5 heteroatoms. The molecule has 86 valence electrons. The number of guanidine groups is 1. The maximum absolute atomic E-state index is 10.9. The first-order chi connectivity index (χ1) is 7.58. The van der Waals surface area contributed by atoms with E-state index >= 15 is 0 Å². The maximum Gasteiger partial charge on any atom is 0.327 e. The third-order valence-corrected chi connectivity index (χ3v) is 2.15. The average molecular weight is 221 g/mol. The van der Waals surface area contributed by atoms with Gasteiger partial charge in [-0.2, -0.15) is 0 Å². The van der Waals surface area contributed by atoms with Gasteiger partial charge in [0.1, 0.15) is 12.6 Å². The third-order valence-electron chi connectivity index (χ3n) is 2.15. The van der Waals surface area contributed by atoms with Crippen molar-refractivity contribution in [3.63, 3.8) is 0 Å². The lowest BCUT2D eigenvalue weighted by molar-refractivity contribution is -0.138. The molecule has 1 heterocycles. The van der Waals surface area contributed by atoms with Crippen LogP contribution in [0.5, 0.6) is 0 Å². The number of terminal acetylenes is 1. The van der Waals surface area contributed by atoms with E-state index in [0.717, 1.165) is 5.71 Å². The van der Waals surface area contributed by atoms with Gasteiger partial charge >= 0.3 is 5.97 Å². The molecule has 0 aromatic carbocycles. The molecule has 0 aromatic heterocycles. The second-order valence-corrected chi connectivity index (χ2v) is 3.65. The summed E-state index contributed by atoms with van der Waals surface area (Å²) in [5.74, 6) is 2.83. The van der Waals surface area contributed by atoms with Crippen LogP contribution in [0.2, 0.25) is 0 Å². The van der Waals surface area contributed by atoms with Crippen LogP contribution in [0.4, 0.5) is 0 Å². The summed E-state index contributed by atoms with van der Waals surface area (Å²) in [6.45, 7) is 3.97. The highest BCUT2D eigenvalue weighted by atomic mass is 16.5. The monoisotopic (exact) mass is 221 g/mol. The van der Waals surface area contributed by atoms with Crippen molar-refractivity contribution in [3.05, 3.63) is 0 Å². The second kappa shape index (κ2) is 5.31. The highest BCUT2D eigenvalue weighted by Crippen LogP contribution is 2.08. The lowest BCUT2D eigenvalue weighted by Crippen LogP contribution is -2.33. The molecular weight excluding hydrogens is 206 g/mol. The van der Waals surface area contributed by atoms with Gasteiger partial charge in [-0.05, 0) is 5.92 Å². The molecule has 1 rings (SSSR count). The fraction of sp³-hybridized carbons (Fsp3) is 0.545. The number of hydrogen-bond donors (Lipinski definition) is 1. The van der Waals surface area contributed by atoms with E-state index in [1.807, 2.05) is 13.8 Å². The number of ether oxygens (including phenoxy) is 1. The van der Waals surface area contributed by atoms with Crippen LogP contribution in [0, 0.1) is 18.3 Å². The van der Waals surface area contributed by atoms with Gasteiger partial charge in [-0.25, -0.2) is 9.98 Å². The summed E-state index contributed by atoms with van der Waals surface area (Å²) in [5, 5.41) is 2.95. The van der Waals surface area contributed by atoms with E-state index in [-0.39, 0.29) is 18.5 Å². The predicted molar refractivity (Wildman–Crippen MR) is 62.3 cm³/mol. The Balaban J connectivity index is 2.74. The van der Waals surface area contributed by atoms with Gasteiger partial charge in [0.25, 0.3) is 0 Å². The van der Waals surface area contributed by atoms with E-state index < -0.39 is 5.97 Å². The fourth-order valence-electron chi connectivity index (χ4n) is 1.30. The van der Waals surface area contributed by atoms with Crippen LogP contribution in [-0.2, 0) is 9.53 Å². The quantitative estimate of drug-likeness (QED) is 0.547. The Kier molecular flexibility index (Phi) is 4.06. The maximum atomic E-state index is 10.9. The molecule has 1 N–H and O–H groups in total. The van der Waals surface area contributed by atoms with Gasteiger partial charge in [-0.1, -0.05) is 19.8 Å². The van der Waals surface area contributed by atoms with Crippen molar-refractivity contribution in [1.29, 1.82) is 0 Å². The van der Waals surface area contributed by atoms with Gasteiger partial charge in [0.05, 0.1) is 12.8 Å². The van der Waals surface area contributed by atoms with Crippen LogP contribution >= 0.6 is 0 Å². The van der Waals surface area contributed by atoms with Gasteiger partial charge in [-0.3, -0.25) is 4.79 Å². The molecule has 0 spiro atoms. The van der Waals surface area contributed by atoms with Gasteiger partial charge in [0, 0.05) is 0 Å². The van der Waals surface area contributed by atoms with Crippen LogP contribution in [0.3, 0.4) is 0 Å². The number of hydrogen-bond acceptors (Lipinski definition) is 3. The van der Waals surface area contributed by atoms with Crippen molar-refractivity contribution < 1.29 is 9.53 Å². The number of esters is 1. The van der Waals surface area contributed by atoms with Crippen LogP contribution in [0.25, 0.3) is 0 Å². The van der Waals surface area contributed by atoms with Crippen molar-refractivity contribution in [2.75, 3.05) is 13.7 Å². The Hall–Kier alpha value is -1.83. The molecule has 1 unspecified atom stereocenters. The number of nitrogens with zero attached hydrogens (tertiary/aromatic N) is 2. The molecule has 0 bridgehead atoms. The zero-order chi connectivity index (χ0) is 12.1. The summed E-state index contributed by atoms with van der Waals surface area (Å²) in [5.41, 5.74) is 0.867. The number of carbonyl (C=O) groups is 1. The standard InChI is InChI=1S/C11H15N3O2/c1-5-8-10(7(2)3)14-11(13-8)12-6-9(15)16-4/h1,7-8H,6H2,2-4H3,(H,12,13). The summed E-state index contributed by atoms with van der Waals surface area (Å²) in [7, 11) is 1.32. The van der Waals surface area contributed by atoms with Crippen molar-refractivity contribution in [2.24, 2.45) is 15.9 Å². The van der Waals surface area contributed by atoms with E-state index in [4.69, 9.17) is 6.42 Å². The Morgan fingerprint density at radius 1 is 1.75 bits per heavy atom. The molecule has 1 aliphatic heterocycles. The summed E-state index contributed by atoms with van der Waals surface area (Å²) < 4.78 is 4.47. The minimum Gasteiger partial charge on any atom is -0.468 e. The van der Waals surface area contributed by atoms with Crippen LogP contribution in [-0.4, -0.2) is 37.3 Å². The van der Waals surface area contributed by atoms with Crippen molar-refractivity contribution in [3.8, 4) is 12.3 Å². The number of rotatable bonds is 3. The lowest BCUT2D eigenvalue weighted by atomic mass is 10.0. The summed E-state index contributed by atoms with van der Waals surface area (Å²) >= 11 is 0. The lowest BCUT2D eigenvalue weighted by Gasteiger charge is -2.08. The topological polar surface area (TPSA) is 63.0 Å². The van der Waals surface area contributed by atoms with Gasteiger partial charge in [-0.15, -0.1) is 6.42 Å². The smallest absolute Gasteiger partial charge is 0.327 e. The van der Waals surface area contributed by atoms with Crippen molar-refractivity contribution >= 4 is 17.6 Å². The molecule has 0 saturated carbocycles. The predicted octanol–water partition coefficient (Wildman–Crippen LogP) is 0.217. The first-order valence-electron chi connectivity index (χ1n) is 5.01.